The molecule has 2 aromatic carbocycles. The van der Waals surface area contributed by atoms with E-state index >= 15 is 0 Å². The summed E-state index contributed by atoms with van der Waals surface area (Å²) in [5, 5.41) is 4.23. The molecule has 3 aromatic rings. The van der Waals surface area contributed by atoms with Gasteiger partial charge >= 0.3 is 12.3 Å². The number of piperidine rings is 1. The first kappa shape index (κ1) is 38.1. The van der Waals surface area contributed by atoms with Crippen molar-refractivity contribution in [2.24, 2.45) is 5.92 Å². The average molecular weight is 734 g/mol. The van der Waals surface area contributed by atoms with Crippen molar-refractivity contribution >= 4 is 50.7 Å². The number of ether oxygens (including phenoxy) is 4. The maximum atomic E-state index is 14.0. The second kappa shape index (κ2) is 16.9. The Kier molecular flexibility index (Phi) is 12.9. The van der Waals surface area contributed by atoms with Crippen molar-refractivity contribution in [2.45, 2.75) is 62.7 Å². The van der Waals surface area contributed by atoms with Crippen LogP contribution in [0.2, 0.25) is 0 Å². The summed E-state index contributed by atoms with van der Waals surface area (Å²) in [5.41, 5.74) is 0.646. The third kappa shape index (κ3) is 10.7. The van der Waals surface area contributed by atoms with Gasteiger partial charge in [-0.25, -0.2) is 4.79 Å². The first-order valence-corrected chi connectivity index (χ1v) is 18.9. The van der Waals surface area contributed by atoms with Crippen molar-refractivity contribution < 1.29 is 36.9 Å². The lowest BCUT2D eigenvalue weighted by Gasteiger charge is -2.38. The molecule has 0 radical (unpaired) electrons. The van der Waals surface area contributed by atoms with Crippen molar-refractivity contribution in [3.63, 3.8) is 0 Å². The standard InChI is InChI=1S/C37H46F3N3O5S2/c1-36(2,3)48-35(44)43-13-7-10-33-30(23-37(38,39)40)29-8-6-9-32(34(29)50-33)41-31-11-14-42(4)24-25(31)12-15-45-16-17-46-18-19-47-27-20-26(43)21-28(22-27)49-5/h6,8-9,20-22,25,31,41H,11-19,23-24H2,1-5H3. The van der Waals surface area contributed by atoms with Gasteiger partial charge in [-0.2, -0.15) is 13.2 Å². The Bertz CT molecular complexity index is 1680. The summed E-state index contributed by atoms with van der Waals surface area (Å²) in [4.78, 5) is 18.4. The minimum absolute atomic E-state index is 0.114. The van der Waals surface area contributed by atoms with E-state index in [-0.39, 0.29) is 24.1 Å². The van der Waals surface area contributed by atoms with Crippen LogP contribution in [0.25, 0.3) is 10.1 Å². The third-order valence-electron chi connectivity index (χ3n) is 8.44. The number of carbonyl (C=O) groups is 1. The minimum atomic E-state index is -4.43. The van der Waals surface area contributed by atoms with Gasteiger partial charge in [-0.3, -0.25) is 4.90 Å². The number of rotatable bonds is 2. The number of fused-ring (bicyclic) bond motifs is 4. The summed E-state index contributed by atoms with van der Waals surface area (Å²) in [7, 11) is 2.10. The van der Waals surface area contributed by atoms with E-state index in [1.807, 2.05) is 24.5 Å². The summed E-state index contributed by atoms with van der Waals surface area (Å²) in [6.07, 6.45) is -2.52. The fourth-order valence-corrected chi connectivity index (χ4v) is 7.77. The summed E-state index contributed by atoms with van der Waals surface area (Å²) in [6.45, 7) is 9.11. The monoisotopic (exact) mass is 733 g/mol. The highest BCUT2D eigenvalue weighted by atomic mass is 32.2. The molecule has 1 N–H and O–H groups in total. The van der Waals surface area contributed by atoms with Gasteiger partial charge in [0.2, 0.25) is 0 Å². The summed E-state index contributed by atoms with van der Waals surface area (Å²) < 4.78 is 66.2. The Balaban J connectivity index is 1.56. The van der Waals surface area contributed by atoms with E-state index in [4.69, 9.17) is 18.9 Å². The second-order valence-corrected chi connectivity index (χ2v) is 15.4. The Hall–Kier alpha value is -3.15. The van der Waals surface area contributed by atoms with E-state index in [2.05, 4.69) is 29.1 Å². The maximum absolute atomic E-state index is 14.0. The van der Waals surface area contributed by atoms with Crippen LogP contribution in [0.15, 0.2) is 41.3 Å². The summed E-state index contributed by atoms with van der Waals surface area (Å²) in [6, 6.07) is 11.0. The molecule has 0 aliphatic carbocycles. The molecule has 1 saturated heterocycles. The molecule has 2 aliphatic heterocycles. The van der Waals surface area contributed by atoms with Crippen molar-refractivity contribution in [3.05, 3.63) is 46.8 Å². The third-order valence-corrected chi connectivity index (χ3v) is 10.3. The predicted molar refractivity (Wildman–Crippen MR) is 195 cm³/mol. The van der Waals surface area contributed by atoms with Crippen molar-refractivity contribution in [1.29, 1.82) is 0 Å². The second-order valence-electron chi connectivity index (χ2n) is 13.5. The van der Waals surface area contributed by atoms with Gasteiger partial charge in [0.1, 0.15) is 18.0 Å². The van der Waals surface area contributed by atoms with Crippen molar-refractivity contribution in [3.8, 4) is 17.6 Å². The van der Waals surface area contributed by atoms with E-state index in [9.17, 15) is 18.0 Å². The van der Waals surface area contributed by atoms with Crippen molar-refractivity contribution in [2.75, 3.05) is 76.2 Å². The number of thiophene rings is 1. The predicted octanol–water partition coefficient (Wildman–Crippen LogP) is 8.07. The smallest absolute Gasteiger partial charge is 0.415 e. The highest BCUT2D eigenvalue weighted by molar-refractivity contribution is 7.98. The SMILES string of the molecule is CSc1cc2cc(c1)N(C(=O)OC(C)(C)C)CC#Cc1sc3c(cccc3c1CC(F)(F)F)NC1CCN(C)CC1CCOCCOCCO2. The Labute approximate surface area is 300 Å². The minimum Gasteiger partial charge on any atom is -0.491 e. The van der Waals surface area contributed by atoms with Crippen LogP contribution >= 0.6 is 23.1 Å². The van der Waals surface area contributed by atoms with Gasteiger partial charge in [0.25, 0.3) is 0 Å². The number of amides is 1. The number of benzene rings is 2. The highest BCUT2D eigenvalue weighted by Gasteiger charge is 2.32. The molecular formula is C37H46F3N3O5S2. The molecule has 2 aliphatic rings. The van der Waals surface area contributed by atoms with Gasteiger partial charge < -0.3 is 29.2 Å². The van der Waals surface area contributed by atoms with Crippen LogP contribution in [-0.2, 0) is 20.6 Å². The lowest BCUT2D eigenvalue weighted by atomic mass is 9.89. The largest absolute Gasteiger partial charge is 0.491 e. The van der Waals surface area contributed by atoms with E-state index in [0.717, 1.165) is 41.2 Å². The van der Waals surface area contributed by atoms with Crippen LogP contribution in [0.5, 0.6) is 5.75 Å². The number of thioether (sulfide) groups is 1. The molecule has 8 nitrogen and oxygen atoms in total. The van der Waals surface area contributed by atoms with Crippen LogP contribution in [0, 0.1) is 17.8 Å². The Morgan fingerprint density at radius 3 is 2.58 bits per heavy atom. The molecule has 50 heavy (non-hydrogen) atoms. The van der Waals surface area contributed by atoms with Crippen LogP contribution in [0.3, 0.4) is 0 Å². The normalized spacial score (nSPS) is 20.3. The molecule has 4 bridgehead atoms. The van der Waals surface area contributed by atoms with Gasteiger partial charge in [-0.1, -0.05) is 24.0 Å². The lowest BCUT2D eigenvalue weighted by Crippen LogP contribution is -2.45. The molecule has 2 unspecified atom stereocenters. The highest BCUT2D eigenvalue weighted by Crippen LogP contribution is 2.40. The molecule has 1 fully saturated rings. The number of likely N-dealkylation sites (tertiary alicyclic amines) is 1. The molecular weight excluding hydrogens is 688 g/mol. The summed E-state index contributed by atoms with van der Waals surface area (Å²) in [5.74, 6) is 6.87. The van der Waals surface area contributed by atoms with E-state index in [0.29, 0.717) is 54.7 Å². The topological polar surface area (TPSA) is 72.5 Å². The number of nitrogens with zero attached hydrogens (tertiary/aromatic N) is 2. The first-order chi connectivity index (χ1) is 23.8. The number of hydrogen-bond acceptors (Lipinski definition) is 9. The first-order valence-electron chi connectivity index (χ1n) is 16.8. The van der Waals surface area contributed by atoms with E-state index in [1.54, 1.807) is 39.0 Å². The van der Waals surface area contributed by atoms with E-state index in [1.165, 1.54) is 28.0 Å². The number of halogens is 3. The molecule has 1 amide bonds. The van der Waals surface area contributed by atoms with E-state index < -0.39 is 24.3 Å². The van der Waals surface area contributed by atoms with Gasteiger partial charge in [-0.05, 0) is 88.5 Å². The van der Waals surface area contributed by atoms with Crippen LogP contribution < -0.4 is 15.0 Å². The molecule has 2 atom stereocenters. The molecule has 13 heteroatoms. The Morgan fingerprint density at radius 1 is 1.08 bits per heavy atom. The molecule has 0 spiro atoms. The van der Waals surface area contributed by atoms with Crippen molar-refractivity contribution in [1.82, 2.24) is 4.90 Å². The number of carbonyl (C=O) groups excluding carboxylic acids is 1. The fourth-order valence-electron chi connectivity index (χ4n) is 6.12. The van der Waals surface area contributed by atoms with Gasteiger partial charge in [-0.15, -0.1) is 23.1 Å². The number of hydrogen-bond donors (Lipinski definition) is 1. The number of nitrogens with one attached hydrogen (secondary N) is 1. The average Bonchev–Trinajstić information content (AvgIpc) is 3.38. The van der Waals surface area contributed by atoms with Crippen LogP contribution in [0.4, 0.5) is 29.3 Å². The lowest BCUT2D eigenvalue weighted by molar-refractivity contribution is -0.126. The van der Waals surface area contributed by atoms with Crippen LogP contribution in [0.1, 0.15) is 44.1 Å². The zero-order chi connectivity index (χ0) is 35.9. The molecule has 5 rings (SSSR count). The fraction of sp³-hybridized carbons (Fsp3) is 0.541. The van der Waals surface area contributed by atoms with Gasteiger partial charge in [0.15, 0.2) is 0 Å². The Morgan fingerprint density at radius 2 is 1.84 bits per heavy atom. The molecule has 1 aromatic heterocycles. The van der Waals surface area contributed by atoms with Gasteiger partial charge in [0.05, 0.1) is 53.7 Å². The maximum Gasteiger partial charge on any atom is 0.415 e. The number of alkyl halides is 3. The van der Waals surface area contributed by atoms with Gasteiger partial charge in [0, 0.05) is 30.2 Å². The van der Waals surface area contributed by atoms with Crippen LogP contribution in [-0.4, -0.2) is 94.8 Å². The quantitative estimate of drug-likeness (QED) is 0.210. The zero-order valence-electron chi connectivity index (χ0n) is 29.3. The summed E-state index contributed by atoms with van der Waals surface area (Å²) >= 11 is 2.74. The molecule has 3 heterocycles. The number of anilines is 2. The zero-order valence-corrected chi connectivity index (χ0v) is 30.9. The molecule has 272 valence electrons. The molecule has 0 saturated carbocycles.